The fraction of sp³-hybridized carbons (Fsp3) is 0.500. The van der Waals surface area contributed by atoms with E-state index >= 15 is 0 Å². The Kier molecular flexibility index (Phi) is 4.57. The summed E-state index contributed by atoms with van der Waals surface area (Å²) in [6.45, 7) is 3.39. The number of amides is 1. The van der Waals surface area contributed by atoms with Crippen LogP contribution in [-0.2, 0) is 13.6 Å². The summed E-state index contributed by atoms with van der Waals surface area (Å²) in [7, 11) is 1.86. The van der Waals surface area contributed by atoms with Crippen molar-refractivity contribution in [3.05, 3.63) is 54.1 Å². The average molecular weight is 338 g/mol. The van der Waals surface area contributed by atoms with Gasteiger partial charge in [-0.1, -0.05) is 30.3 Å². The lowest BCUT2D eigenvalue weighted by molar-refractivity contribution is 0.0905. The number of hydrogen-bond donors (Lipinski definition) is 1. The van der Waals surface area contributed by atoms with Gasteiger partial charge in [-0.25, -0.2) is 4.98 Å². The molecule has 1 N–H and O–H groups in total. The van der Waals surface area contributed by atoms with Gasteiger partial charge in [0.15, 0.2) is 0 Å². The molecule has 4 rings (SSSR count). The van der Waals surface area contributed by atoms with Gasteiger partial charge in [-0.15, -0.1) is 0 Å². The Balaban J connectivity index is 1.32. The zero-order valence-electron chi connectivity index (χ0n) is 14.8. The topological polar surface area (TPSA) is 50.2 Å². The maximum absolute atomic E-state index is 12.4. The van der Waals surface area contributed by atoms with Gasteiger partial charge in [0.25, 0.3) is 5.91 Å². The Morgan fingerprint density at radius 3 is 2.76 bits per heavy atom. The van der Waals surface area contributed by atoms with E-state index in [9.17, 15) is 4.79 Å². The molecule has 1 saturated carbocycles. The van der Waals surface area contributed by atoms with Gasteiger partial charge in [0.1, 0.15) is 5.69 Å². The van der Waals surface area contributed by atoms with Crippen molar-refractivity contribution in [2.45, 2.75) is 31.8 Å². The van der Waals surface area contributed by atoms with Crippen LogP contribution in [0.4, 0.5) is 0 Å². The van der Waals surface area contributed by atoms with Crippen molar-refractivity contribution in [3.8, 4) is 0 Å². The molecule has 2 aromatic rings. The third-order valence-electron chi connectivity index (χ3n) is 5.76. The van der Waals surface area contributed by atoms with Gasteiger partial charge in [0.2, 0.25) is 0 Å². The van der Waals surface area contributed by atoms with Crippen molar-refractivity contribution >= 4 is 5.91 Å². The van der Waals surface area contributed by atoms with E-state index in [0.717, 1.165) is 31.8 Å². The zero-order chi connectivity index (χ0) is 17.2. The van der Waals surface area contributed by atoms with Crippen molar-refractivity contribution in [2.75, 3.05) is 13.1 Å². The molecule has 0 bridgehead atoms. The molecule has 0 spiro atoms. The molecule has 1 amide bonds. The molecule has 3 atom stereocenters. The number of rotatable bonds is 4. The van der Waals surface area contributed by atoms with Crippen molar-refractivity contribution < 1.29 is 4.79 Å². The van der Waals surface area contributed by atoms with Gasteiger partial charge in [0, 0.05) is 32.7 Å². The third-order valence-corrected chi connectivity index (χ3v) is 5.76. The number of fused-ring (bicyclic) bond motifs is 1. The molecule has 1 aromatic heterocycles. The number of likely N-dealkylation sites (tertiary alicyclic amines) is 1. The highest BCUT2D eigenvalue weighted by atomic mass is 16.2. The Morgan fingerprint density at radius 2 is 2.00 bits per heavy atom. The molecule has 0 radical (unpaired) electrons. The van der Waals surface area contributed by atoms with Crippen molar-refractivity contribution in [2.24, 2.45) is 18.9 Å². The van der Waals surface area contributed by atoms with Gasteiger partial charge in [-0.3, -0.25) is 9.69 Å². The second-order valence-corrected chi connectivity index (χ2v) is 7.57. The van der Waals surface area contributed by atoms with E-state index in [-0.39, 0.29) is 5.91 Å². The molecule has 1 aromatic carbocycles. The normalized spacial score (nSPS) is 26.4. The molecular weight excluding hydrogens is 312 g/mol. The predicted octanol–water partition coefficient (Wildman–Crippen LogP) is 2.45. The molecular formula is C20H26N4O. The molecule has 1 aliphatic heterocycles. The number of hydrogen-bond acceptors (Lipinski definition) is 3. The van der Waals surface area contributed by atoms with E-state index in [1.807, 2.05) is 7.05 Å². The fourth-order valence-corrected chi connectivity index (χ4v) is 4.47. The number of nitrogens with one attached hydrogen (secondary N) is 1. The Morgan fingerprint density at radius 1 is 1.20 bits per heavy atom. The lowest BCUT2D eigenvalue weighted by atomic mass is 9.79. The molecule has 5 heteroatoms. The summed E-state index contributed by atoms with van der Waals surface area (Å²) in [5.74, 6) is 1.49. The summed E-state index contributed by atoms with van der Waals surface area (Å²) in [6, 6.07) is 11.0. The van der Waals surface area contributed by atoms with Crippen LogP contribution < -0.4 is 5.32 Å². The number of aromatic nitrogens is 2. The number of carbonyl (C=O) groups is 1. The molecule has 5 nitrogen and oxygen atoms in total. The number of carbonyl (C=O) groups excluding carboxylic acids is 1. The number of nitrogens with zero attached hydrogens (tertiary/aromatic N) is 3. The van der Waals surface area contributed by atoms with Crippen LogP contribution in [0.25, 0.3) is 0 Å². The van der Waals surface area contributed by atoms with Gasteiger partial charge in [-0.2, -0.15) is 0 Å². The van der Waals surface area contributed by atoms with Gasteiger partial charge < -0.3 is 9.88 Å². The van der Waals surface area contributed by atoms with E-state index in [1.54, 1.807) is 17.1 Å². The van der Waals surface area contributed by atoms with E-state index in [1.165, 1.54) is 18.5 Å². The minimum absolute atomic E-state index is 0.00240. The lowest BCUT2D eigenvalue weighted by Gasteiger charge is -2.31. The van der Waals surface area contributed by atoms with Crippen LogP contribution in [0.5, 0.6) is 0 Å². The molecule has 1 unspecified atom stereocenters. The van der Waals surface area contributed by atoms with Gasteiger partial charge in [-0.05, 0) is 36.7 Å². The van der Waals surface area contributed by atoms with Crippen LogP contribution in [0, 0.1) is 11.8 Å². The number of aryl methyl sites for hydroxylation is 1. The average Bonchev–Trinajstić information content (AvgIpc) is 3.21. The SMILES string of the molecule is Cn1cncc1C(=O)NC1CC[C@@H]2CN(Cc3ccccc3)C[C@@H]2C1. The summed E-state index contributed by atoms with van der Waals surface area (Å²) in [5.41, 5.74) is 2.03. The lowest BCUT2D eigenvalue weighted by Crippen LogP contribution is -2.41. The Labute approximate surface area is 149 Å². The smallest absolute Gasteiger partial charge is 0.269 e. The summed E-state index contributed by atoms with van der Waals surface area (Å²) in [4.78, 5) is 19.0. The zero-order valence-corrected chi connectivity index (χ0v) is 14.8. The fourth-order valence-electron chi connectivity index (χ4n) is 4.47. The minimum Gasteiger partial charge on any atom is -0.348 e. The van der Waals surface area contributed by atoms with Gasteiger partial charge in [0.05, 0.1) is 12.5 Å². The predicted molar refractivity (Wildman–Crippen MR) is 97.0 cm³/mol. The molecule has 2 heterocycles. The second-order valence-electron chi connectivity index (χ2n) is 7.57. The molecule has 132 valence electrons. The van der Waals surface area contributed by atoms with E-state index in [2.05, 4.69) is 45.5 Å². The minimum atomic E-state index is 0.00240. The number of imidazole rings is 1. The first-order chi connectivity index (χ1) is 12.2. The molecule has 2 aliphatic rings. The monoisotopic (exact) mass is 338 g/mol. The van der Waals surface area contributed by atoms with E-state index in [0.29, 0.717) is 17.7 Å². The molecule has 2 fully saturated rings. The Bertz CT molecular complexity index is 726. The summed E-state index contributed by atoms with van der Waals surface area (Å²) >= 11 is 0. The molecule has 1 saturated heterocycles. The maximum Gasteiger partial charge on any atom is 0.269 e. The second kappa shape index (κ2) is 7.00. The van der Waals surface area contributed by atoms with E-state index in [4.69, 9.17) is 0 Å². The highest BCUT2D eigenvalue weighted by molar-refractivity contribution is 5.92. The van der Waals surface area contributed by atoms with Crippen LogP contribution in [0.3, 0.4) is 0 Å². The van der Waals surface area contributed by atoms with E-state index < -0.39 is 0 Å². The Hall–Kier alpha value is -2.14. The van der Waals surface area contributed by atoms with Crippen LogP contribution in [0.2, 0.25) is 0 Å². The standard InChI is InChI=1S/C20H26N4O/c1-23-14-21-10-19(23)20(25)22-18-8-7-16-12-24(13-17(16)9-18)11-15-5-3-2-4-6-15/h2-6,10,14,16-18H,7-9,11-13H2,1H3,(H,22,25)/t16-,17+,18?/m1/s1. The van der Waals surface area contributed by atoms with Crippen LogP contribution in [0.1, 0.15) is 35.3 Å². The van der Waals surface area contributed by atoms with Crippen molar-refractivity contribution in [1.82, 2.24) is 19.8 Å². The van der Waals surface area contributed by atoms with Gasteiger partial charge >= 0.3 is 0 Å². The van der Waals surface area contributed by atoms with Crippen molar-refractivity contribution in [3.63, 3.8) is 0 Å². The van der Waals surface area contributed by atoms with Crippen LogP contribution >= 0.6 is 0 Å². The quantitative estimate of drug-likeness (QED) is 0.932. The molecule has 25 heavy (non-hydrogen) atoms. The van der Waals surface area contributed by atoms with Crippen molar-refractivity contribution in [1.29, 1.82) is 0 Å². The first-order valence-corrected chi connectivity index (χ1v) is 9.22. The highest BCUT2D eigenvalue weighted by Gasteiger charge is 2.38. The summed E-state index contributed by atoms with van der Waals surface area (Å²) in [5, 5.41) is 3.22. The molecule has 1 aliphatic carbocycles. The van der Waals surface area contributed by atoms with Crippen LogP contribution in [-0.4, -0.2) is 39.5 Å². The summed E-state index contributed by atoms with van der Waals surface area (Å²) in [6.07, 6.45) is 6.71. The first kappa shape index (κ1) is 16.3. The highest BCUT2D eigenvalue weighted by Crippen LogP contribution is 2.36. The van der Waals surface area contributed by atoms with Crippen LogP contribution in [0.15, 0.2) is 42.9 Å². The summed E-state index contributed by atoms with van der Waals surface area (Å²) < 4.78 is 1.78. The first-order valence-electron chi connectivity index (χ1n) is 9.22. The largest absolute Gasteiger partial charge is 0.348 e. The third kappa shape index (κ3) is 3.61. The maximum atomic E-state index is 12.4. The number of benzene rings is 1.